The second kappa shape index (κ2) is 16.8. The summed E-state index contributed by atoms with van der Waals surface area (Å²) in [6, 6.07) is 18.7. The lowest BCUT2D eigenvalue weighted by atomic mass is 9.79. The minimum absolute atomic E-state index is 0.129. The van der Waals surface area contributed by atoms with E-state index in [4.69, 9.17) is 8.92 Å². The molecule has 1 aliphatic heterocycles. The number of likely N-dealkylation sites (tertiary alicyclic amines) is 1. The Bertz CT molecular complexity index is 1090. The first kappa shape index (κ1) is 33.0. The van der Waals surface area contributed by atoms with Crippen LogP contribution in [0.2, 0.25) is 0 Å². The highest BCUT2D eigenvalue weighted by atomic mass is 32.2. The summed E-state index contributed by atoms with van der Waals surface area (Å²) in [4.78, 5) is 17.3. The number of benzene rings is 2. The average molecular weight is 584 g/mol. The molecule has 1 saturated heterocycles. The molecule has 0 saturated carbocycles. The molecule has 7 nitrogen and oxygen atoms in total. The SMILES string of the molecule is C=CCN(C(=O)OCc1ccc(C)cc1)C1CCN(CCC(C)(CN(C)S(=O)OCCCC)c2ccccc2)CC1. The van der Waals surface area contributed by atoms with E-state index in [0.29, 0.717) is 19.7 Å². The molecule has 0 radical (unpaired) electrons. The van der Waals surface area contributed by atoms with Crippen molar-refractivity contribution in [2.75, 3.05) is 46.4 Å². The number of piperidine rings is 1. The van der Waals surface area contributed by atoms with Gasteiger partial charge in [-0.1, -0.05) is 86.5 Å². The van der Waals surface area contributed by atoms with Gasteiger partial charge in [-0.15, -0.1) is 6.58 Å². The van der Waals surface area contributed by atoms with Crippen molar-refractivity contribution >= 4 is 17.4 Å². The zero-order chi connectivity index (χ0) is 29.7. The number of hydrogen-bond donors (Lipinski definition) is 0. The number of carbonyl (C=O) groups is 1. The van der Waals surface area contributed by atoms with Crippen LogP contribution >= 0.6 is 0 Å². The molecule has 1 aliphatic rings. The average Bonchev–Trinajstić information content (AvgIpc) is 2.99. The second-order valence-electron chi connectivity index (χ2n) is 11.4. The molecule has 0 N–H and O–H groups in total. The van der Waals surface area contributed by atoms with Gasteiger partial charge in [0.2, 0.25) is 11.3 Å². The first-order valence-corrected chi connectivity index (χ1v) is 15.9. The van der Waals surface area contributed by atoms with Gasteiger partial charge in [0.05, 0.1) is 6.61 Å². The van der Waals surface area contributed by atoms with Gasteiger partial charge in [0.25, 0.3) is 0 Å². The molecule has 2 aromatic rings. The van der Waals surface area contributed by atoms with E-state index in [9.17, 15) is 9.00 Å². The molecular weight excluding hydrogens is 534 g/mol. The maximum Gasteiger partial charge on any atom is 0.410 e. The van der Waals surface area contributed by atoms with Gasteiger partial charge in [0.15, 0.2) is 0 Å². The number of nitrogens with zero attached hydrogens (tertiary/aromatic N) is 3. The Hall–Kier alpha value is -2.52. The third kappa shape index (κ3) is 10.4. The third-order valence-corrected chi connectivity index (χ3v) is 9.01. The molecule has 2 unspecified atom stereocenters. The van der Waals surface area contributed by atoms with Gasteiger partial charge in [-0.2, -0.15) is 0 Å². The molecule has 41 heavy (non-hydrogen) atoms. The van der Waals surface area contributed by atoms with Gasteiger partial charge in [-0.3, -0.25) is 4.18 Å². The topological polar surface area (TPSA) is 62.3 Å². The standard InChI is InChI=1S/C33H49N3O4S/c1-6-8-25-40-41(38)34(5)27-33(4,30-12-10-9-11-13-30)20-24-35-22-18-31(19-23-35)36(21-7-2)32(37)39-26-29-16-14-28(3)15-17-29/h7,9-17,31H,2,6,8,18-27H2,1,3-5H3. The Labute approximate surface area is 250 Å². The van der Waals surface area contributed by atoms with Gasteiger partial charge in [-0.05, 0) is 50.3 Å². The summed E-state index contributed by atoms with van der Waals surface area (Å²) in [5, 5.41) is 0. The lowest BCUT2D eigenvalue weighted by Crippen LogP contribution is -2.48. The Balaban J connectivity index is 1.55. The van der Waals surface area contributed by atoms with Crippen molar-refractivity contribution in [1.82, 2.24) is 14.1 Å². The Morgan fingerprint density at radius 2 is 1.83 bits per heavy atom. The molecule has 2 aromatic carbocycles. The van der Waals surface area contributed by atoms with E-state index >= 15 is 0 Å². The van der Waals surface area contributed by atoms with Gasteiger partial charge >= 0.3 is 6.09 Å². The monoisotopic (exact) mass is 583 g/mol. The van der Waals surface area contributed by atoms with Crippen molar-refractivity contribution in [2.45, 2.75) is 70.9 Å². The quantitative estimate of drug-likeness (QED) is 0.172. The van der Waals surface area contributed by atoms with Crippen LogP contribution in [0.25, 0.3) is 0 Å². The van der Waals surface area contributed by atoms with Crippen molar-refractivity contribution in [3.8, 4) is 0 Å². The number of likely N-dealkylation sites (N-methyl/N-ethyl adjacent to an activating group) is 1. The van der Waals surface area contributed by atoms with Crippen LogP contribution in [0.15, 0.2) is 67.3 Å². The van der Waals surface area contributed by atoms with E-state index in [1.54, 1.807) is 6.08 Å². The highest BCUT2D eigenvalue weighted by Gasteiger charge is 2.33. The van der Waals surface area contributed by atoms with Crippen LogP contribution in [0, 0.1) is 6.92 Å². The fraction of sp³-hybridized carbons (Fsp3) is 0.545. The van der Waals surface area contributed by atoms with E-state index in [1.807, 2.05) is 53.5 Å². The summed E-state index contributed by atoms with van der Waals surface area (Å²) in [7, 11) is 1.88. The molecule has 3 rings (SSSR count). The molecule has 8 heteroatoms. The molecular formula is C33H49N3O4S. The highest BCUT2D eigenvalue weighted by molar-refractivity contribution is 7.77. The normalized spacial score (nSPS) is 16.7. The van der Waals surface area contributed by atoms with Crippen molar-refractivity contribution in [3.05, 3.63) is 83.9 Å². The fourth-order valence-electron chi connectivity index (χ4n) is 5.35. The maximum absolute atomic E-state index is 13.0. The van der Waals surface area contributed by atoms with Crippen LogP contribution in [-0.2, 0) is 32.2 Å². The molecule has 0 aromatic heterocycles. The number of amides is 1. The number of unbranched alkanes of at least 4 members (excludes halogenated alkanes) is 1. The number of rotatable bonds is 16. The summed E-state index contributed by atoms with van der Waals surface area (Å²) in [5.41, 5.74) is 3.22. The minimum Gasteiger partial charge on any atom is -0.445 e. The zero-order valence-electron chi connectivity index (χ0n) is 25.4. The van der Waals surface area contributed by atoms with E-state index in [2.05, 4.69) is 49.6 Å². The van der Waals surface area contributed by atoms with Gasteiger partial charge in [0.1, 0.15) is 6.61 Å². The predicted molar refractivity (Wildman–Crippen MR) is 168 cm³/mol. The summed E-state index contributed by atoms with van der Waals surface area (Å²) >= 11 is -1.46. The number of carbonyl (C=O) groups excluding carboxylic acids is 1. The van der Waals surface area contributed by atoms with Crippen LogP contribution in [0.1, 0.15) is 62.6 Å². The van der Waals surface area contributed by atoms with Gasteiger partial charge < -0.3 is 14.5 Å². The van der Waals surface area contributed by atoms with Gasteiger partial charge in [0, 0.05) is 44.7 Å². The number of aryl methyl sites for hydroxylation is 1. The lowest BCUT2D eigenvalue weighted by molar-refractivity contribution is 0.0646. The van der Waals surface area contributed by atoms with E-state index in [1.165, 1.54) is 11.1 Å². The maximum atomic E-state index is 13.0. The third-order valence-electron chi connectivity index (χ3n) is 8.00. The first-order chi connectivity index (χ1) is 19.8. The molecule has 1 heterocycles. The Morgan fingerprint density at radius 1 is 1.15 bits per heavy atom. The molecule has 226 valence electrons. The summed E-state index contributed by atoms with van der Waals surface area (Å²) in [6.45, 7) is 14.9. The van der Waals surface area contributed by atoms with E-state index in [-0.39, 0.29) is 24.2 Å². The molecule has 2 atom stereocenters. The summed E-state index contributed by atoms with van der Waals surface area (Å²) < 4.78 is 25.8. The van der Waals surface area contributed by atoms with Crippen LogP contribution in [-0.4, -0.2) is 76.8 Å². The van der Waals surface area contributed by atoms with Crippen LogP contribution in [0.3, 0.4) is 0 Å². The largest absolute Gasteiger partial charge is 0.445 e. The highest BCUT2D eigenvalue weighted by Crippen LogP contribution is 2.30. The molecule has 0 bridgehead atoms. The second-order valence-corrected chi connectivity index (χ2v) is 12.7. The molecule has 1 fully saturated rings. The lowest BCUT2D eigenvalue weighted by Gasteiger charge is -2.40. The predicted octanol–water partition coefficient (Wildman–Crippen LogP) is 6.26. The van der Waals surface area contributed by atoms with E-state index < -0.39 is 11.3 Å². The van der Waals surface area contributed by atoms with Crippen molar-refractivity contribution in [2.24, 2.45) is 0 Å². The smallest absolute Gasteiger partial charge is 0.410 e. The van der Waals surface area contributed by atoms with Crippen LogP contribution in [0.4, 0.5) is 4.79 Å². The summed E-state index contributed by atoms with van der Waals surface area (Å²) in [6.07, 6.45) is 6.12. The minimum atomic E-state index is -1.46. The molecule has 0 aliphatic carbocycles. The van der Waals surface area contributed by atoms with E-state index in [0.717, 1.165) is 57.3 Å². The van der Waals surface area contributed by atoms with Crippen molar-refractivity contribution < 1.29 is 17.9 Å². The van der Waals surface area contributed by atoms with Crippen molar-refractivity contribution in [3.63, 3.8) is 0 Å². The zero-order valence-corrected chi connectivity index (χ0v) is 26.2. The molecule has 1 amide bonds. The molecule has 0 spiro atoms. The first-order valence-electron chi connectivity index (χ1n) is 14.9. The number of ether oxygens (including phenoxy) is 1. The van der Waals surface area contributed by atoms with Crippen LogP contribution < -0.4 is 0 Å². The summed E-state index contributed by atoms with van der Waals surface area (Å²) in [5.74, 6) is 0. The van der Waals surface area contributed by atoms with Crippen LogP contribution in [0.5, 0.6) is 0 Å². The Morgan fingerprint density at radius 3 is 2.46 bits per heavy atom. The Kier molecular flexibility index (Phi) is 13.5. The fourth-order valence-corrected chi connectivity index (χ4v) is 6.18. The van der Waals surface area contributed by atoms with Crippen molar-refractivity contribution in [1.29, 1.82) is 0 Å². The number of hydrogen-bond acceptors (Lipinski definition) is 5. The van der Waals surface area contributed by atoms with Gasteiger partial charge in [-0.25, -0.2) is 13.3 Å².